The van der Waals surface area contributed by atoms with Crippen LogP contribution in [0, 0.1) is 0 Å². The predicted molar refractivity (Wildman–Crippen MR) is 3.83 cm³/mol. The Morgan fingerprint density at radius 2 is 1.38 bits per heavy atom. The van der Waals surface area contributed by atoms with Gasteiger partial charge in [-0.1, -0.05) is 0 Å². The second kappa shape index (κ2) is 16.1. The molecule has 8 heavy (non-hydrogen) atoms. The Hall–Kier alpha value is 2.25. The Balaban J connectivity index is 0. The van der Waals surface area contributed by atoms with Crippen LogP contribution in [0.25, 0.3) is 0 Å². The fourth-order valence-electron chi connectivity index (χ4n) is 0.0227. The molecule has 0 fully saturated rings. The monoisotopic (exact) mass is 348 g/mol. The van der Waals surface area contributed by atoms with Crippen LogP contribution in [0.2, 0.25) is 0 Å². The summed E-state index contributed by atoms with van der Waals surface area (Å²) in [5.74, 6) is 0. The van der Waals surface area contributed by atoms with Crippen molar-refractivity contribution in [3.63, 3.8) is 0 Å². The molecule has 0 spiro atoms. The maximum atomic E-state index is 9.35. The molecule has 0 bridgehead atoms. The minimum absolute atomic E-state index is 1.91. The van der Waals surface area contributed by atoms with Crippen molar-refractivity contribution in [2.24, 2.45) is 0 Å². The molecule has 8 heteroatoms. The third kappa shape index (κ3) is 24.0. The van der Waals surface area contributed by atoms with Crippen LogP contribution >= 0.6 is 0 Å². The summed E-state index contributed by atoms with van der Waals surface area (Å²) >= 11 is -6.08. The predicted octanol–water partition coefficient (Wildman–Crippen LogP) is -0.551. The molecule has 0 amide bonds. The Kier molecular flexibility index (Phi) is 26.0. The SMILES string of the molecule is [O]=[Y][O][Y]=[O].[O]=[Zr]=[O]. The second-order valence-corrected chi connectivity index (χ2v) is 6.39. The van der Waals surface area contributed by atoms with Crippen LogP contribution in [0.3, 0.4) is 0 Å². The van der Waals surface area contributed by atoms with E-state index in [0.29, 0.717) is 0 Å². The van der Waals surface area contributed by atoms with Crippen LogP contribution < -0.4 is 0 Å². The van der Waals surface area contributed by atoms with Gasteiger partial charge in [0.25, 0.3) is 0 Å². The van der Waals surface area contributed by atoms with Gasteiger partial charge < -0.3 is 0 Å². The molecular weight excluding hydrogens is 349 g/mol. The van der Waals surface area contributed by atoms with Crippen molar-refractivity contribution >= 4 is 0 Å². The van der Waals surface area contributed by atoms with E-state index in [0.717, 1.165) is 0 Å². The molecular formula is O5Y2Zr. The van der Waals surface area contributed by atoms with Crippen molar-refractivity contribution in [3.8, 4) is 0 Å². The minimum atomic E-state index is -2.27. The first kappa shape index (κ1) is 12.9. The topological polar surface area (TPSA) is 77.5 Å². The molecule has 0 aromatic heterocycles. The molecule has 0 aliphatic carbocycles. The number of rotatable bonds is 2. The molecule has 0 rings (SSSR count). The molecule has 0 aromatic rings. The van der Waals surface area contributed by atoms with Crippen molar-refractivity contribution in [2.75, 3.05) is 0 Å². The van der Waals surface area contributed by atoms with Gasteiger partial charge >= 0.3 is 91.9 Å². The summed E-state index contributed by atoms with van der Waals surface area (Å²) in [7, 11) is 0. The van der Waals surface area contributed by atoms with E-state index >= 15 is 0 Å². The zero-order chi connectivity index (χ0) is 6.83. The number of hydrogen-bond donors (Lipinski definition) is 0. The standard InChI is InChI=1S/5O.2Y.Zr. The van der Waals surface area contributed by atoms with Gasteiger partial charge in [0.2, 0.25) is 0 Å². The third-order valence-electron chi connectivity index (χ3n) is 0.111. The van der Waals surface area contributed by atoms with Gasteiger partial charge in [-0.2, -0.15) is 0 Å². The first-order valence-electron chi connectivity index (χ1n) is 1.35. The zero-order valence-electron chi connectivity index (χ0n) is 3.70. The first-order valence-corrected chi connectivity index (χ1v) is 7.99. The van der Waals surface area contributed by atoms with E-state index < -0.39 is 82.8 Å². The Labute approximate surface area is 89.6 Å². The van der Waals surface area contributed by atoms with Gasteiger partial charge in [-0.15, -0.1) is 0 Å². The van der Waals surface area contributed by atoms with E-state index in [9.17, 15) is 4.09 Å². The maximum absolute atomic E-state index is 9.35. The zero-order valence-corrected chi connectivity index (χ0v) is 11.8. The van der Waals surface area contributed by atoms with Crippen LogP contribution in [-0.2, 0) is 91.9 Å². The van der Waals surface area contributed by atoms with E-state index in [-0.39, 0.29) is 0 Å². The summed E-state index contributed by atoms with van der Waals surface area (Å²) in [5, 5.41) is 0. The molecule has 0 N–H and O–H groups in total. The van der Waals surface area contributed by atoms with Gasteiger partial charge in [-0.05, 0) is 0 Å². The Morgan fingerprint density at radius 3 is 1.38 bits per heavy atom. The van der Waals surface area contributed by atoms with Gasteiger partial charge in [0.15, 0.2) is 0 Å². The van der Waals surface area contributed by atoms with Gasteiger partial charge in [0.05, 0.1) is 0 Å². The van der Waals surface area contributed by atoms with E-state index in [1.807, 2.05) is 0 Å². The van der Waals surface area contributed by atoms with Crippen molar-refractivity contribution in [3.05, 3.63) is 0 Å². The second-order valence-electron chi connectivity index (χ2n) is 0.412. The number of hydrogen-bond acceptors (Lipinski definition) is 5. The average Bonchev–Trinajstić information content (AvgIpc) is 1.71. The molecule has 5 nitrogen and oxygen atoms in total. The van der Waals surface area contributed by atoms with Crippen LogP contribution in [0.15, 0.2) is 0 Å². The van der Waals surface area contributed by atoms with Crippen molar-refractivity contribution < 1.29 is 91.9 Å². The van der Waals surface area contributed by atoms with Crippen LogP contribution in [-0.4, -0.2) is 0 Å². The van der Waals surface area contributed by atoms with E-state index in [1.165, 1.54) is 0 Å². The van der Waals surface area contributed by atoms with Gasteiger partial charge in [0, 0.05) is 0 Å². The van der Waals surface area contributed by atoms with Gasteiger partial charge in [-0.25, -0.2) is 0 Å². The molecule has 0 atom stereocenters. The molecule has 0 aromatic carbocycles. The summed E-state index contributed by atoms with van der Waals surface area (Å²) in [6.07, 6.45) is 0. The van der Waals surface area contributed by atoms with Crippen LogP contribution in [0.1, 0.15) is 0 Å². The first-order chi connectivity index (χ1) is 3.83. The quantitative estimate of drug-likeness (QED) is 0.669. The van der Waals surface area contributed by atoms with Gasteiger partial charge in [0.1, 0.15) is 0 Å². The molecule has 0 unspecified atom stereocenters. The fraction of sp³-hybridized carbons (Fsp3) is 0. The molecule has 0 radical (unpaired) electrons. The molecule has 0 saturated carbocycles. The summed E-state index contributed by atoms with van der Waals surface area (Å²) in [5.41, 5.74) is 0. The fourth-order valence-corrected chi connectivity index (χ4v) is 0.794. The van der Waals surface area contributed by atoms with Crippen LogP contribution in [0.4, 0.5) is 0 Å². The Bertz CT molecular complexity index is 86.6. The van der Waals surface area contributed by atoms with E-state index in [1.54, 1.807) is 0 Å². The molecule has 0 aliphatic heterocycles. The summed E-state index contributed by atoms with van der Waals surface area (Å²) < 4.78 is 39.9. The van der Waals surface area contributed by atoms with Crippen molar-refractivity contribution in [2.45, 2.75) is 0 Å². The third-order valence-corrected chi connectivity index (χ3v) is 3.89. The van der Waals surface area contributed by atoms with Gasteiger partial charge in [-0.3, -0.25) is 0 Å². The summed E-state index contributed by atoms with van der Waals surface area (Å²) in [4.78, 5) is 0. The average molecular weight is 349 g/mol. The Morgan fingerprint density at radius 1 is 1.12 bits per heavy atom. The van der Waals surface area contributed by atoms with E-state index in [2.05, 4.69) is -0.634 Å². The van der Waals surface area contributed by atoms with Crippen LogP contribution in [0.5, 0.6) is 0 Å². The normalized spacial score (nSPS) is 4.00. The van der Waals surface area contributed by atoms with Crippen molar-refractivity contribution in [1.29, 1.82) is 0 Å². The molecule has 0 saturated heterocycles. The summed E-state index contributed by atoms with van der Waals surface area (Å²) in [6, 6.07) is 0. The van der Waals surface area contributed by atoms with E-state index in [4.69, 9.17) is 5.63 Å². The molecule has 40 valence electrons. The van der Waals surface area contributed by atoms with Crippen molar-refractivity contribution in [1.82, 2.24) is 0 Å². The molecule has 0 heterocycles. The molecule has 0 aliphatic rings. The summed E-state index contributed by atoms with van der Waals surface area (Å²) in [6.45, 7) is 0.